The Hall–Kier alpha value is -1.88. The second-order valence-corrected chi connectivity index (χ2v) is 7.47. The van der Waals surface area contributed by atoms with Gasteiger partial charge < -0.3 is 10.6 Å². The molecule has 1 fully saturated rings. The summed E-state index contributed by atoms with van der Waals surface area (Å²) in [5.41, 5.74) is 2.71. The third-order valence-corrected chi connectivity index (χ3v) is 4.44. The van der Waals surface area contributed by atoms with Crippen LogP contribution in [0, 0.1) is 5.92 Å². The molecule has 0 unspecified atom stereocenters. The average molecular weight is 345 g/mol. The summed E-state index contributed by atoms with van der Waals surface area (Å²) in [5.74, 6) is 0.385. The normalized spacial score (nSPS) is 18.2. The van der Waals surface area contributed by atoms with Crippen LogP contribution in [0.25, 0.3) is 0 Å². The van der Waals surface area contributed by atoms with Gasteiger partial charge in [0.05, 0.1) is 6.54 Å². The van der Waals surface area contributed by atoms with E-state index in [-0.39, 0.29) is 24.4 Å². The maximum atomic E-state index is 11.9. The first-order valence-corrected chi connectivity index (χ1v) is 9.26. The number of hydrogen-bond acceptors (Lipinski definition) is 3. The molecule has 5 nitrogen and oxygen atoms in total. The molecule has 0 aliphatic carbocycles. The summed E-state index contributed by atoms with van der Waals surface area (Å²) >= 11 is 0. The highest BCUT2D eigenvalue weighted by Gasteiger charge is 2.21. The van der Waals surface area contributed by atoms with Crippen LogP contribution in [-0.4, -0.2) is 42.4 Å². The zero-order valence-corrected chi connectivity index (χ0v) is 15.7. The minimum absolute atomic E-state index is 0.0587. The van der Waals surface area contributed by atoms with Crippen molar-refractivity contribution >= 4 is 11.8 Å². The van der Waals surface area contributed by atoms with Gasteiger partial charge in [-0.05, 0) is 42.9 Å². The summed E-state index contributed by atoms with van der Waals surface area (Å²) in [7, 11) is 0. The van der Waals surface area contributed by atoms with Crippen molar-refractivity contribution in [3.8, 4) is 0 Å². The Morgan fingerprint density at radius 2 is 1.88 bits per heavy atom. The molecule has 138 valence electrons. The van der Waals surface area contributed by atoms with Crippen LogP contribution < -0.4 is 10.6 Å². The summed E-state index contributed by atoms with van der Waals surface area (Å²) in [6.45, 7) is 8.79. The second-order valence-electron chi connectivity index (χ2n) is 7.47. The monoisotopic (exact) mass is 345 g/mol. The van der Waals surface area contributed by atoms with Crippen molar-refractivity contribution in [3.05, 3.63) is 35.4 Å². The lowest BCUT2D eigenvalue weighted by molar-refractivity contribution is -0.125. The summed E-state index contributed by atoms with van der Waals surface area (Å²) in [6.07, 6.45) is 3.19. The summed E-state index contributed by atoms with van der Waals surface area (Å²) in [4.78, 5) is 25.1. The van der Waals surface area contributed by atoms with Gasteiger partial charge in [-0.1, -0.05) is 38.1 Å². The molecule has 2 rings (SSSR count). The zero-order valence-electron chi connectivity index (χ0n) is 15.7. The molecule has 0 aromatic heterocycles. The van der Waals surface area contributed by atoms with Crippen LogP contribution >= 0.6 is 0 Å². The Morgan fingerprint density at radius 1 is 1.20 bits per heavy atom. The number of piperidine rings is 1. The van der Waals surface area contributed by atoms with Crippen molar-refractivity contribution in [2.24, 2.45) is 5.92 Å². The number of rotatable bonds is 7. The zero-order chi connectivity index (χ0) is 18.2. The highest BCUT2D eigenvalue weighted by Crippen LogP contribution is 2.15. The average Bonchev–Trinajstić information content (AvgIpc) is 2.55. The molecule has 5 heteroatoms. The molecule has 1 aromatic rings. The third kappa shape index (κ3) is 7.26. The predicted molar refractivity (Wildman–Crippen MR) is 100 cm³/mol. The molecule has 25 heavy (non-hydrogen) atoms. The second kappa shape index (κ2) is 9.56. The van der Waals surface area contributed by atoms with Crippen molar-refractivity contribution < 1.29 is 9.59 Å². The Bertz CT molecular complexity index is 569. The maximum absolute atomic E-state index is 11.9. The van der Waals surface area contributed by atoms with Crippen molar-refractivity contribution in [2.75, 3.05) is 19.6 Å². The Balaban J connectivity index is 1.80. The summed E-state index contributed by atoms with van der Waals surface area (Å²) in [5, 5.41) is 5.57. The van der Waals surface area contributed by atoms with Gasteiger partial charge >= 0.3 is 0 Å². The fraction of sp³-hybridized carbons (Fsp3) is 0.600. The minimum Gasteiger partial charge on any atom is -0.351 e. The number of carbonyl (C=O) groups excluding carboxylic acids is 2. The van der Waals surface area contributed by atoms with Gasteiger partial charge in [0, 0.05) is 26.1 Å². The van der Waals surface area contributed by atoms with E-state index in [2.05, 4.69) is 53.6 Å². The number of benzene rings is 1. The largest absolute Gasteiger partial charge is 0.351 e. The Morgan fingerprint density at radius 3 is 2.52 bits per heavy atom. The van der Waals surface area contributed by atoms with Gasteiger partial charge in [-0.25, -0.2) is 0 Å². The van der Waals surface area contributed by atoms with Crippen molar-refractivity contribution in [1.82, 2.24) is 15.5 Å². The first kappa shape index (κ1) is 19.4. The van der Waals surface area contributed by atoms with Crippen molar-refractivity contribution in [3.63, 3.8) is 0 Å². The van der Waals surface area contributed by atoms with Crippen LogP contribution in [0.4, 0.5) is 0 Å². The van der Waals surface area contributed by atoms with Gasteiger partial charge in [0.2, 0.25) is 11.8 Å². The number of nitrogens with zero attached hydrogens (tertiary/aromatic N) is 1. The molecule has 0 saturated carbocycles. The first-order chi connectivity index (χ1) is 11.9. The van der Waals surface area contributed by atoms with Gasteiger partial charge in [0.25, 0.3) is 0 Å². The molecule has 1 saturated heterocycles. The number of carbonyl (C=O) groups is 2. The lowest BCUT2D eigenvalue weighted by Crippen LogP contribution is -2.49. The molecule has 0 spiro atoms. The molecule has 1 aromatic carbocycles. The molecule has 0 radical (unpaired) electrons. The van der Waals surface area contributed by atoms with Crippen molar-refractivity contribution in [1.29, 1.82) is 0 Å². The minimum atomic E-state index is -0.179. The first-order valence-electron chi connectivity index (χ1n) is 9.26. The van der Waals surface area contributed by atoms with E-state index in [0.717, 1.165) is 38.9 Å². The number of likely N-dealkylation sites (tertiary alicyclic amines) is 1. The number of nitrogens with one attached hydrogen (secondary N) is 2. The van der Waals surface area contributed by atoms with Gasteiger partial charge in [-0.15, -0.1) is 0 Å². The van der Waals surface area contributed by atoms with E-state index in [1.807, 2.05) is 0 Å². The lowest BCUT2D eigenvalue weighted by Gasteiger charge is -2.33. The van der Waals surface area contributed by atoms with Gasteiger partial charge in [0.1, 0.15) is 0 Å². The number of amides is 2. The SMILES string of the molecule is CC(=O)NCC(=O)N[C@H]1CCCN(Cc2ccc(CC(C)C)cc2)C1. The van der Waals surface area contributed by atoms with Crippen LogP contribution in [-0.2, 0) is 22.6 Å². The van der Waals surface area contributed by atoms with E-state index >= 15 is 0 Å². The van der Waals surface area contributed by atoms with Gasteiger partial charge in [0.15, 0.2) is 0 Å². The molecular formula is C20H31N3O2. The van der Waals surface area contributed by atoms with E-state index in [1.54, 1.807) is 0 Å². The molecule has 2 amide bonds. The molecule has 0 bridgehead atoms. The molecule has 2 N–H and O–H groups in total. The third-order valence-electron chi connectivity index (χ3n) is 4.44. The highest BCUT2D eigenvalue weighted by atomic mass is 16.2. The predicted octanol–water partition coefficient (Wildman–Crippen LogP) is 2.10. The van der Waals surface area contributed by atoms with Gasteiger partial charge in [-0.2, -0.15) is 0 Å². The van der Waals surface area contributed by atoms with Crippen LogP contribution in [0.5, 0.6) is 0 Å². The van der Waals surface area contributed by atoms with Crippen LogP contribution in [0.2, 0.25) is 0 Å². The molecule has 1 atom stereocenters. The topological polar surface area (TPSA) is 61.4 Å². The van der Waals surface area contributed by atoms with Crippen LogP contribution in [0.15, 0.2) is 24.3 Å². The van der Waals surface area contributed by atoms with Crippen LogP contribution in [0.1, 0.15) is 44.7 Å². The molecule has 1 aliphatic rings. The van der Waals surface area contributed by atoms with E-state index in [0.29, 0.717) is 5.92 Å². The van der Waals surface area contributed by atoms with Gasteiger partial charge in [-0.3, -0.25) is 14.5 Å². The Kier molecular flexibility index (Phi) is 7.44. The quantitative estimate of drug-likeness (QED) is 0.796. The fourth-order valence-electron chi connectivity index (χ4n) is 3.31. The number of hydrogen-bond donors (Lipinski definition) is 2. The Labute approximate surface area is 151 Å². The van der Waals surface area contributed by atoms with E-state index in [9.17, 15) is 9.59 Å². The highest BCUT2D eigenvalue weighted by molar-refractivity contribution is 5.83. The van der Waals surface area contributed by atoms with E-state index < -0.39 is 0 Å². The fourth-order valence-corrected chi connectivity index (χ4v) is 3.31. The smallest absolute Gasteiger partial charge is 0.239 e. The molecule has 1 aliphatic heterocycles. The summed E-state index contributed by atoms with van der Waals surface area (Å²) < 4.78 is 0. The maximum Gasteiger partial charge on any atom is 0.239 e. The van der Waals surface area contributed by atoms with E-state index in [1.165, 1.54) is 18.1 Å². The standard InChI is InChI=1S/C20H31N3O2/c1-15(2)11-17-6-8-18(9-7-17)13-23-10-4-5-19(14-23)22-20(25)12-21-16(3)24/h6-9,15,19H,4-5,10-14H2,1-3H3,(H,21,24)(H,22,25)/t19-/m0/s1. The van der Waals surface area contributed by atoms with Crippen LogP contribution in [0.3, 0.4) is 0 Å². The molecule has 1 heterocycles. The molecular weight excluding hydrogens is 314 g/mol. The van der Waals surface area contributed by atoms with Crippen molar-refractivity contribution in [2.45, 2.75) is 52.6 Å². The lowest BCUT2D eigenvalue weighted by atomic mass is 10.0. The van der Waals surface area contributed by atoms with E-state index in [4.69, 9.17) is 0 Å². The summed E-state index contributed by atoms with van der Waals surface area (Å²) in [6, 6.07) is 9.06.